The zero-order valence-electron chi connectivity index (χ0n) is 12.3. The van der Waals surface area contributed by atoms with Gasteiger partial charge in [0.25, 0.3) is 5.91 Å². The van der Waals surface area contributed by atoms with E-state index in [9.17, 15) is 9.90 Å². The topological polar surface area (TPSA) is 58.6 Å². The van der Waals surface area contributed by atoms with Gasteiger partial charge in [0.05, 0.1) is 12.7 Å². The molecule has 20 heavy (non-hydrogen) atoms. The lowest BCUT2D eigenvalue weighted by Gasteiger charge is -2.32. The number of carbonyl (C=O) groups is 1. The van der Waals surface area contributed by atoms with Gasteiger partial charge in [0, 0.05) is 12.1 Å². The van der Waals surface area contributed by atoms with Gasteiger partial charge in [-0.25, -0.2) is 0 Å². The van der Waals surface area contributed by atoms with Gasteiger partial charge in [0.1, 0.15) is 11.5 Å². The van der Waals surface area contributed by atoms with E-state index in [0.717, 1.165) is 12.8 Å². The highest BCUT2D eigenvalue weighted by Crippen LogP contribution is 2.29. The van der Waals surface area contributed by atoms with Crippen LogP contribution in [-0.2, 0) is 0 Å². The third-order valence-corrected chi connectivity index (χ3v) is 3.96. The molecule has 1 saturated carbocycles. The van der Waals surface area contributed by atoms with Crippen LogP contribution in [0.1, 0.15) is 43.5 Å². The monoisotopic (exact) mass is 277 g/mol. The Balaban J connectivity index is 2.04. The second kappa shape index (κ2) is 6.16. The molecule has 1 aromatic rings. The number of amides is 1. The number of phenolic OH excluding ortho intramolecular Hbond substituents is 1. The van der Waals surface area contributed by atoms with E-state index in [1.165, 1.54) is 19.6 Å². The molecule has 1 aliphatic carbocycles. The van der Waals surface area contributed by atoms with E-state index in [-0.39, 0.29) is 17.7 Å². The molecule has 1 aromatic carbocycles. The molecule has 0 bridgehead atoms. The Kier molecular flexibility index (Phi) is 4.53. The highest BCUT2D eigenvalue weighted by Gasteiger charge is 2.26. The van der Waals surface area contributed by atoms with Crippen molar-refractivity contribution < 1.29 is 14.6 Å². The molecule has 0 heterocycles. The summed E-state index contributed by atoms with van der Waals surface area (Å²) < 4.78 is 5.02. The third-order valence-electron chi connectivity index (χ3n) is 3.96. The van der Waals surface area contributed by atoms with E-state index in [1.807, 2.05) is 0 Å². The first-order valence-electron chi connectivity index (χ1n) is 7.17. The van der Waals surface area contributed by atoms with Crippen molar-refractivity contribution in [3.8, 4) is 11.5 Å². The van der Waals surface area contributed by atoms with Crippen LogP contribution >= 0.6 is 0 Å². The molecule has 0 saturated heterocycles. The summed E-state index contributed by atoms with van der Waals surface area (Å²) in [4.78, 5) is 12.2. The van der Waals surface area contributed by atoms with Crippen LogP contribution < -0.4 is 10.1 Å². The van der Waals surface area contributed by atoms with E-state index in [4.69, 9.17) is 4.74 Å². The Labute approximate surface area is 120 Å². The molecule has 2 unspecified atom stereocenters. The smallest absolute Gasteiger partial charge is 0.255 e. The molecule has 0 aliphatic heterocycles. The molecular formula is C16H23NO3. The molecule has 1 amide bonds. The third kappa shape index (κ3) is 3.44. The second-order valence-electron chi connectivity index (χ2n) is 5.97. The molecule has 2 N–H and O–H groups in total. The Morgan fingerprint density at radius 1 is 1.25 bits per heavy atom. The van der Waals surface area contributed by atoms with Crippen LogP contribution in [0.5, 0.6) is 11.5 Å². The van der Waals surface area contributed by atoms with Gasteiger partial charge in [-0.2, -0.15) is 0 Å². The van der Waals surface area contributed by atoms with Crippen LogP contribution in [0, 0.1) is 11.8 Å². The van der Waals surface area contributed by atoms with Gasteiger partial charge in [0.15, 0.2) is 0 Å². The number of benzene rings is 1. The average Bonchev–Trinajstić information content (AvgIpc) is 2.36. The Morgan fingerprint density at radius 3 is 2.45 bits per heavy atom. The summed E-state index contributed by atoms with van der Waals surface area (Å²) in [7, 11) is 1.53. The van der Waals surface area contributed by atoms with Gasteiger partial charge < -0.3 is 15.2 Å². The van der Waals surface area contributed by atoms with E-state index in [1.54, 1.807) is 12.1 Å². The molecular weight excluding hydrogens is 254 g/mol. The van der Waals surface area contributed by atoms with E-state index >= 15 is 0 Å². The quantitative estimate of drug-likeness (QED) is 0.893. The first-order valence-corrected chi connectivity index (χ1v) is 7.17. The van der Waals surface area contributed by atoms with Crippen LogP contribution in [0.2, 0.25) is 0 Å². The molecule has 0 spiro atoms. The zero-order valence-corrected chi connectivity index (χ0v) is 12.3. The molecule has 2 rings (SSSR count). The van der Waals surface area contributed by atoms with E-state index in [2.05, 4.69) is 19.2 Å². The largest absolute Gasteiger partial charge is 0.507 e. The van der Waals surface area contributed by atoms with Crippen molar-refractivity contribution in [1.82, 2.24) is 5.32 Å². The standard InChI is InChI=1S/C16H23NO3/c1-10-6-11(2)8-12(7-10)17-16(19)14-5-4-13(20-3)9-15(14)18/h4-5,9-12,18H,6-8H2,1-3H3,(H,17,19). The number of methoxy groups -OCH3 is 1. The lowest BCUT2D eigenvalue weighted by atomic mass is 9.80. The number of hydrogen-bond acceptors (Lipinski definition) is 3. The molecule has 1 aliphatic rings. The maximum absolute atomic E-state index is 12.2. The fraction of sp³-hybridized carbons (Fsp3) is 0.562. The van der Waals surface area contributed by atoms with Gasteiger partial charge in [-0.05, 0) is 43.2 Å². The molecule has 2 atom stereocenters. The van der Waals surface area contributed by atoms with Crippen molar-refractivity contribution in [2.24, 2.45) is 11.8 Å². The van der Waals surface area contributed by atoms with Gasteiger partial charge in [0.2, 0.25) is 0 Å². The first-order chi connectivity index (χ1) is 9.49. The first kappa shape index (κ1) is 14.7. The summed E-state index contributed by atoms with van der Waals surface area (Å²) in [5.74, 6) is 1.55. The second-order valence-corrected chi connectivity index (χ2v) is 5.97. The van der Waals surface area contributed by atoms with E-state index in [0.29, 0.717) is 23.1 Å². The summed E-state index contributed by atoms with van der Waals surface area (Å²) in [6.07, 6.45) is 3.24. The van der Waals surface area contributed by atoms with Crippen molar-refractivity contribution >= 4 is 5.91 Å². The van der Waals surface area contributed by atoms with Crippen molar-refractivity contribution in [3.05, 3.63) is 23.8 Å². The Morgan fingerprint density at radius 2 is 1.90 bits per heavy atom. The zero-order chi connectivity index (χ0) is 14.7. The van der Waals surface area contributed by atoms with Crippen LogP contribution in [-0.4, -0.2) is 24.2 Å². The predicted octanol–water partition coefficient (Wildman–Crippen LogP) is 2.96. The van der Waals surface area contributed by atoms with E-state index < -0.39 is 0 Å². The van der Waals surface area contributed by atoms with Crippen LogP contribution in [0.15, 0.2) is 18.2 Å². The molecule has 110 valence electrons. The summed E-state index contributed by atoms with van der Waals surface area (Å²) in [6.45, 7) is 4.44. The lowest BCUT2D eigenvalue weighted by Crippen LogP contribution is -2.40. The summed E-state index contributed by atoms with van der Waals surface area (Å²) in [6, 6.07) is 4.93. The number of aromatic hydroxyl groups is 1. The van der Waals surface area contributed by atoms with Crippen molar-refractivity contribution in [2.75, 3.05) is 7.11 Å². The van der Waals surface area contributed by atoms with Gasteiger partial charge in [-0.15, -0.1) is 0 Å². The Bertz CT molecular complexity index is 477. The minimum absolute atomic E-state index is 0.0428. The highest BCUT2D eigenvalue weighted by atomic mass is 16.5. The normalized spacial score (nSPS) is 26.1. The van der Waals surface area contributed by atoms with Gasteiger partial charge >= 0.3 is 0 Å². The predicted molar refractivity (Wildman–Crippen MR) is 78.1 cm³/mol. The molecule has 0 radical (unpaired) electrons. The summed E-state index contributed by atoms with van der Waals surface area (Å²) in [5.41, 5.74) is 0.302. The average molecular weight is 277 g/mol. The number of nitrogens with one attached hydrogen (secondary N) is 1. The van der Waals surface area contributed by atoms with Crippen molar-refractivity contribution in [3.63, 3.8) is 0 Å². The highest BCUT2D eigenvalue weighted by molar-refractivity contribution is 5.97. The number of hydrogen-bond donors (Lipinski definition) is 2. The molecule has 1 fully saturated rings. The maximum Gasteiger partial charge on any atom is 0.255 e. The van der Waals surface area contributed by atoms with Crippen LogP contribution in [0.4, 0.5) is 0 Å². The summed E-state index contributed by atoms with van der Waals surface area (Å²) >= 11 is 0. The number of phenols is 1. The van der Waals surface area contributed by atoms with Gasteiger partial charge in [-0.1, -0.05) is 13.8 Å². The fourth-order valence-corrected chi connectivity index (χ4v) is 3.16. The van der Waals surface area contributed by atoms with Gasteiger partial charge in [-0.3, -0.25) is 4.79 Å². The van der Waals surface area contributed by atoms with Crippen molar-refractivity contribution in [2.45, 2.75) is 39.2 Å². The SMILES string of the molecule is COc1ccc(C(=O)NC2CC(C)CC(C)C2)c(O)c1. The summed E-state index contributed by atoms with van der Waals surface area (Å²) in [5, 5.41) is 12.9. The Hall–Kier alpha value is -1.71. The fourth-order valence-electron chi connectivity index (χ4n) is 3.16. The maximum atomic E-state index is 12.2. The number of carbonyl (C=O) groups excluding carboxylic acids is 1. The minimum Gasteiger partial charge on any atom is -0.507 e. The number of rotatable bonds is 3. The molecule has 4 nitrogen and oxygen atoms in total. The number of ether oxygens (including phenoxy) is 1. The molecule has 4 heteroatoms. The van der Waals surface area contributed by atoms with Crippen LogP contribution in [0.25, 0.3) is 0 Å². The van der Waals surface area contributed by atoms with Crippen molar-refractivity contribution in [1.29, 1.82) is 0 Å². The lowest BCUT2D eigenvalue weighted by molar-refractivity contribution is 0.0908. The minimum atomic E-state index is -0.212. The van der Waals surface area contributed by atoms with Crippen LogP contribution in [0.3, 0.4) is 0 Å². The molecule has 0 aromatic heterocycles.